The molecule has 0 atom stereocenters. The van der Waals surface area contributed by atoms with Crippen LogP contribution >= 0.6 is 0 Å². The number of anilines is 2. The first-order chi connectivity index (χ1) is 15.0. The zero-order chi connectivity index (χ0) is 23.5. The molecule has 3 aromatic rings. The summed E-state index contributed by atoms with van der Waals surface area (Å²) in [6.45, 7) is 1.74. The summed E-state index contributed by atoms with van der Waals surface area (Å²) in [6, 6.07) is 14.9. The van der Waals surface area contributed by atoms with Crippen molar-refractivity contribution in [1.82, 2.24) is 9.97 Å². The third kappa shape index (κ3) is 6.48. The average molecular weight is 523 g/mol. The Bertz CT molecular complexity index is 1250. The smallest absolute Gasteiger partial charge is 0.378 e. The first-order valence-corrected chi connectivity index (χ1v) is 10.7. The summed E-state index contributed by atoms with van der Waals surface area (Å²) in [5, 5.41) is 7.94. The topological polar surface area (TPSA) is 99.9 Å². The first kappa shape index (κ1) is 26.2. The van der Waals surface area contributed by atoms with E-state index in [1.54, 1.807) is 42.8 Å². The number of hydrogen-bond donors (Lipinski definition) is 1. The van der Waals surface area contributed by atoms with E-state index in [0.717, 1.165) is 5.56 Å². The predicted octanol–water partition coefficient (Wildman–Crippen LogP) is 5.19. The van der Waals surface area contributed by atoms with E-state index in [9.17, 15) is 21.6 Å². The molecular weight excluding hydrogens is 504 g/mol. The van der Waals surface area contributed by atoms with Gasteiger partial charge in [0.2, 0.25) is 0 Å². The quantitative estimate of drug-likeness (QED) is 0.354. The van der Waals surface area contributed by atoms with Gasteiger partial charge < -0.3 is 4.90 Å². The van der Waals surface area contributed by atoms with Crippen molar-refractivity contribution >= 4 is 32.9 Å². The number of nitrogens with zero attached hydrogens (tertiary/aromatic N) is 5. The van der Waals surface area contributed by atoms with Gasteiger partial charge in [0.15, 0.2) is 11.6 Å². The Morgan fingerprint density at radius 3 is 2.24 bits per heavy atom. The van der Waals surface area contributed by atoms with E-state index < -0.39 is 15.5 Å². The van der Waals surface area contributed by atoms with Crippen LogP contribution in [0.4, 0.5) is 36.1 Å². The van der Waals surface area contributed by atoms with Crippen LogP contribution in [0.2, 0.25) is 0 Å². The molecule has 13 heteroatoms. The van der Waals surface area contributed by atoms with Crippen molar-refractivity contribution in [3.63, 3.8) is 0 Å². The maximum absolute atomic E-state index is 12.9. The van der Waals surface area contributed by atoms with Gasteiger partial charge in [0.1, 0.15) is 5.69 Å². The Kier molecular flexibility index (Phi) is 8.15. The Hall–Kier alpha value is -3.05. The van der Waals surface area contributed by atoms with Crippen LogP contribution in [0.3, 0.4) is 0 Å². The van der Waals surface area contributed by atoms with E-state index in [-0.39, 0.29) is 33.7 Å². The molecule has 0 bridgehead atoms. The zero-order valence-corrected chi connectivity index (χ0v) is 19.4. The van der Waals surface area contributed by atoms with Crippen molar-refractivity contribution in [2.24, 2.45) is 10.2 Å². The fourth-order valence-corrected chi connectivity index (χ4v) is 3.17. The molecule has 0 radical (unpaired) electrons. The van der Waals surface area contributed by atoms with Gasteiger partial charge in [-0.05, 0) is 25.1 Å². The second-order valence-electron chi connectivity index (χ2n) is 6.90. The normalized spacial score (nSPS) is 11.8. The van der Waals surface area contributed by atoms with Crippen molar-refractivity contribution in [3.05, 3.63) is 60.3 Å². The number of aryl methyl sites for hydroxylation is 1. The van der Waals surface area contributed by atoms with Crippen LogP contribution in [-0.2, 0) is 26.5 Å². The minimum atomic E-state index is -5.64. The van der Waals surface area contributed by atoms with Gasteiger partial charge in [-0.1, -0.05) is 30.3 Å². The molecule has 1 heterocycles. The number of aromatic nitrogens is 2. The van der Waals surface area contributed by atoms with Gasteiger partial charge >= 0.3 is 32.0 Å². The maximum atomic E-state index is 12.9. The summed E-state index contributed by atoms with van der Waals surface area (Å²) in [7, 11) is -2.32. The average Bonchev–Trinajstić information content (AvgIpc) is 2.72. The number of alkyl halides is 3. The van der Waals surface area contributed by atoms with Gasteiger partial charge in [-0.25, -0.2) is 9.97 Å². The fourth-order valence-electron chi connectivity index (χ4n) is 2.60. The number of azo groups is 1. The molecule has 176 valence electrons. The minimum absolute atomic E-state index is 0. The van der Waals surface area contributed by atoms with Gasteiger partial charge in [0, 0.05) is 37.1 Å². The Morgan fingerprint density at radius 1 is 0.970 bits per heavy atom. The van der Waals surface area contributed by atoms with Crippen molar-refractivity contribution in [3.8, 4) is 11.4 Å². The molecule has 0 fully saturated rings. The molecule has 0 spiro atoms. The molecule has 0 amide bonds. The van der Waals surface area contributed by atoms with Crippen molar-refractivity contribution < 1.29 is 38.1 Å². The van der Waals surface area contributed by atoms with Crippen LogP contribution in [0.15, 0.2) is 64.8 Å². The maximum Gasteiger partial charge on any atom is 2.00 e. The van der Waals surface area contributed by atoms with Gasteiger partial charge in [-0.3, -0.25) is 4.72 Å². The third-order valence-corrected chi connectivity index (χ3v) is 5.28. The first-order valence-electron chi connectivity index (χ1n) is 9.19. The Labute approximate surface area is 199 Å². The molecule has 0 unspecified atom stereocenters. The number of rotatable bonds is 6. The molecule has 1 N–H and O–H groups in total. The molecular formula is C20H19F3N6NiO2S+2. The van der Waals surface area contributed by atoms with Crippen LogP contribution in [0.5, 0.6) is 0 Å². The summed E-state index contributed by atoms with van der Waals surface area (Å²) in [5.74, 6) is 0.568. The molecule has 0 aliphatic heterocycles. The van der Waals surface area contributed by atoms with Crippen molar-refractivity contribution in [2.75, 3.05) is 23.7 Å². The molecule has 1 aromatic heterocycles. The molecule has 0 saturated heterocycles. The monoisotopic (exact) mass is 522 g/mol. The van der Waals surface area contributed by atoms with Crippen molar-refractivity contribution in [2.45, 2.75) is 12.4 Å². The van der Waals surface area contributed by atoms with Crippen LogP contribution in [0.25, 0.3) is 11.4 Å². The number of hydrogen-bond acceptors (Lipinski definition) is 7. The number of sulfonamides is 1. The third-order valence-electron chi connectivity index (χ3n) is 4.18. The number of nitrogens with one attached hydrogen (secondary N) is 1. The second kappa shape index (κ2) is 10.3. The molecule has 33 heavy (non-hydrogen) atoms. The Balaban J connectivity index is 0.00000385. The largest absolute Gasteiger partial charge is 2.00 e. The van der Waals surface area contributed by atoms with E-state index >= 15 is 0 Å². The summed E-state index contributed by atoms with van der Waals surface area (Å²) >= 11 is 0. The van der Waals surface area contributed by atoms with E-state index in [4.69, 9.17) is 0 Å². The van der Waals surface area contributed by atoms with Gasteiger partial charge in [-0.15, -0.1) is 10.2 Å². The van der Waals surface area contributed by atoms with Crippen LogP contribution in [0.1, 0.15) is 5.69 Å². The minimum Gasteiger partial charge on any atom is -0.378 e. The van der Waals surface area contributed by atoms with E-state index in [0.29, 0.717) is 17.2 Å². The van der Waals surface area contributed by atoms with Crippen LogP contribution in [0, 0.1) is 6.92 Å². The van der Waals surface area contributed by atoms with Gasteiger partial charge in [0.05, 0.1) is 5.69 Å². The molecule has 2 aromatic carbocycles. The van der Waals surface area contributed by atoms with E-state index in [1.807, 2.05) is 30.3 Å². The summed E-state index contributed by atoms with van der Waals surface area (Å²) in [6.07, 6.45) is 0. The van der Waals surface area contributed by atoms with Crippen LogP contribution < -0.4 is 9.62 Å². The SMILES string of the molecule is Cc1cc(N=Nc2ccc(N(C)C)cc2NS(=O)(=O)C(F)(F)F)nc(-c2ccccc2)n1.[Ni+2]. The second-order valence-corrected chi connectivity index (χ2v) is 8.58. The molecule has 0 saturated carbocycles. The fraction of sp³-hybridized carbons (Fsp3) is 0.200. The zero-order valence-electron chi connectivity index (χ0n) is 17.6. The number of benzene rings is 2. The van der Waals surface area contributed by atoms with Gasteiger partial charge in [0.25, 0.3) is 0 Å². The summed E-state index contributed by atoms with van der Waals surface area (Å²) < 4.78 is 63.4. The molecule has 3 rings (SSSR count). The van der Waals surface area contributed by atoms with E-state index in [1.165, 1.54) is 12.1 Å². The van der Waals surface area contributed by atoms with E-state index in [2.05, 4.69) is 20.2 Å². The predicted molar refractivity (Wildman–Crippen MR) is 116 cm³/mol. The standard InChI is InChI=1S/C20H19F3N6O2S.Ni/c1-13-11-18(25-19(24-13)14-7-5-4-6-8-14)27-26-16-10-9-15(29(2)3)12-17(16)28-32(30,31)20(21,22)23;/h4-12,28H,1-3H3;/q;+2. The molecule has 0 aliphatic rings. The Morgan fingerprint density at radius 2 is 1.64 bits per heavy atom. The molecule has 8 nitrogen and oxygen atoms in total. The number of halogens is 3. The van der Waals surface area contributed by atoms with Crippen LogP contribution in [-0.4, -0.2) is 38.0 Å². The van der Waals surface area contributed by atoms with Crippen molar-refractivity contribution in [1.29, 1.82) is 0 Å². The molecule has 0 aliphatic carbocycles. The van der Waals surface area contributed by atoms with Gasteiger partial charge in [-0.2, -0.15) is 21.6 Å². The summed E-state index contributed by atoms with van der Waals surface area (Å²) in [4.78, 5) is 10.3. The summed E-state index contributed by atoms with van der Waals surface area (Å²) in [5.41, 5.74) is -4.14.